The molecule has 2 saturated heterocycles. The minimum atomic E-state index is -0.754. The van der Waals surface area contributed by atoms with Crippen molar-refractivity contribution in [2.24, 2.45) is 18.9 Å². The molecule has 2 aliphatic rings. The predicted molar refractivity (Wildman–Crippen MR) is 106 cm³/mol. The number of carbonyl (C=O) groups is 2. The highest BCUT2D eigenvalue weighted by molar-refractivity contribution is 5.85. The van der Waals surface area contributed by atoms with Crippen LogP contribution in [0.2, 0.25) is 0 Å². The van der Waals surface area contributed by atoms with Crippen molar-refractivity contribution in [2.45, 2.75) is 38.2 Å². The number of fused-ring (bicyclic) bond motifs is 1. The standard InChI is InChI=1S/C22H28N2O4/c1-23-14-16(17-4-2-3-5-19(17)23)6-7-20(25)24-11-8-15(9-12-24)21-18(22(26)27)10-13-28-21/h2-5,14-15,18,21H,6-13H2,1H3,(H,26,27)/t18?,21-/m0/s1. The third kappa shape index (κ3) is 3.65. The average molecular weight is 384 g/mol. The molecule has 0 saturated carbocycles. The second-order valence-electron chi connectivity index (χ2n) is 8.07. The van der Waals surface area contributed by atoms with Gasteiger partial charge >= 0.3 is 5.97 Å². The highest BCUT2D eigenvalue weighted by atomic mass is 16.5. The Morgan fingerprint density at radius 2 is 1.93 bits per heavy atom. The molecule has 1 amide bonds. The van der Waals surface area contributed by atoms with E-state index in [9.17, 15) is 14.7 Å². The topological polar surface area (TPSA) is 71.8 Å². The summed E-state index contributed by atoms with van der Waals surface area (Å²) in [7, 11) is 2.04. The van der Waals surface area contributed by atoms with Crippen molar-refractivity contribution >= 4 is 22.8 Å². The maximum atomic E-state index is 12.7. The zero-order valence-electron chi connectivity index (χ0n) is 16.3. The number of piperidine rings is 1. The number of ether oxygens (including phenoxy) is 1. The first-order chi connectivity index (χ1) is 13.5. The van der Waals surface area contributed by atoms with E-state index in [0.29, 0.717) is 32.5 Å². The van der Waals surface area contributed by atoms with Gasteiger partial charge in [-0.3, -0.25) is 9.59 Å². The number of amides is 1. The lowest BCUT2D eigenvalue weighted by atomic mass is 9.84. The Kier molecular flexibility index (Phi) is 5.40. The van der Waals surface area contributed by atoms with E-state index < -0.39 is 11.9 Å². The Hall–Kier alpha value is -2.34. The van der Waals surface area contributed by atoms with Gasteiger partial charge in [0.2, 0.25) is 5.91 Å². The Morgan fingerprint density at radius 1 is 1.18 bits per heavy atom. The normalized spacial score (nSPS) is 23.4. The number of aryl methyl sites for hydroxylation is 2. The maximum Gasteiger partial charge on any atom is 0.309 e. The van der Waals surface area contributed by atoms with Crippen LogP contribution in [0.25, 0.3) is 10.9 Å². The summed E-state index contributed by atoms with van der Waals surface area (Å²) in [5.74, 6) is -0.714. The fourth-order valence-corrected chi connectivity index (χ4v) is 4.84. The number of hydrogen-bond acceptors (Lipinski definition) is 3. The van der Waals surface area contributed by atoms with Crippen LogP contribution in [0, 0.1) is 11.8 Å². The lowest BCUT2D eigenvalue weighted by Crippen LogP contribution is -2.43. The van der Waals surface area contributed by atoms with Gasteiger partial charge < -0.3 is 19.3 Å². The molecule has 150 valence electrons. The van der Waals surface area contributed by atoms with E-state index in [0.717, 1.165) is 19.3 Å². The molecule has 28 heavy (non-hydrogen) atoms. The molecule has 0 aliphatic carbocycles. The third-order valence-corrected chi connectivity index (χ3v) is 6.40. The van der Waals surface area contributed by atoms with Gasteiger partial charge in [0.05, 0.1) is 12.0 Å². The molecular formula is C22H28N2O4. The monoisotopic (exact) mass is 384 g/mol. The minimum Gasteiger partial charge on any atom is -0.481 e. The van der Waals surface area contributed by atoms with Gasteiger partial charge in [-0.25, -0.2) is 0 Å². The lowest BCUT2D eigenvalue weighted by Gasteiger charge is -2.35. The van der Waals surface area contributed by atoms with Gasteiger partial charge in [-0.05, 0) is 43.2 Å². The first-order valence-corrected chi connectivity index (χ1v) is 10.2. The summed E-state index contributed by atoms with van der Waals surface area (Å²) in [6.07, 6.45) is 5.44. The molecule has 0 spiro atoms. The Bertz CT molecular complexity index is 867. The fourth-order valence-electron chi connectivity index (χ4n) is 4.84. The highest BCUT2D eigenvalue weighted by Gasteiger charge is 2.40. The van der Waals surface area contributed by atoms with E-state index in [-0.39, 0.29) is 17.9 Å². The molecular weight excluding hydrogens is 356 g/mol. The van der Waals surface area contributed by atoms with E-state index in [4.69, 9.17) is 4.74 Å². The predicted octanol–water partition coefficient (Wildman–Crippen LogP) is 2.84. The maximum absolute atomic E-state index is 12.7. The van der Waals surface area contributed by atoms with E-state index in [1.165, 1.54) is 16.5 Å². The summed E-state index contributed by atoms with van der Waals surface area (Å²) in [5, 5.41) is 10.6. The number of carboxylic acid groups (broad SMARTS) is 1. The molecule has 0 bridgehead atoms. The number of carbonyl (C=O) groups excluding carboxylic acids is 1. The Morgan fingerprint density at radius 3 is 2.68 bits per heavy atom. The average Bonchev–Trinajstić information content (AvgIpc) is 3.32. The van der Waals surface area contributed by atoms with Crippen LogP contribution in [-0.2, 0) is 27.8 Å². The molecule has 1 aromatic carbocycles. The lowest BCUT2D eigenvalue weighted by molar-refractivity contribution is -0.146. The van der Waals surface area contributed by atoms with Crippen molar-refractivity contribution in [1.29, 1.82) is 0 Å². The number of para-hydroxylation sites is 1. The summed E-state index contributed by atoms with van der Waals surface area (Å²) in [4.78, 5) is 26.0. The highest BCUT2D eigenvalue weighted by Crippen LogP contribution is 2.33. The van der Waals surface area contributed by atoms with Crippen LogP contribution in [0.5, 0.6) is 0 Å². The first kappa shape index (κ1) is 19.0. The van der Waals surface area contributed by atoms with Crippen LogP contribution in [0.1, 0.15) is 31.2 Å². The van der Waals surface area contributed by atoms with Gasteiger partial charge in [-0.2, -0.15) is 0 Å². The Balaban J connectivity index is 1.31. The number of rotatable bonds is 5. The fraction of sp³-hybridized carbons (Fsp3) is 0.545. The molecule has 6 nitrogen and oxygen atoms in total. The third-order valence-electron chi connectivity index (χ3n) is 6.40. The van der Waals surface area contributed by atoms with Crippen molar-refractivity contribution in [2.75, 3.05) is 19.7 Å². The van der Waals surface area contributed by atoms with E-state index in [1.807, 2.05) is 24.1 Å². The molecule has 0 radical (unpaired) electrons. The molecule has 6 heteroatoms. The van der Waals surface area contributed by atoms with Crippen LogP contribution in [0.3, 0.4) is 0 Å². The number of hydrogen-bond donors (Lipinski definition) is 1. The molecule has 1 aromatic heterocycles. The number of carboxylic acids is 1. The second kappa shape index (κ2) is 7.95. The number of nitrogens with zero attached hydrogens (tertiary/aromatic N) is 2. The van der Waals surface area contributed by atoms with Crippen molar-refractivity contribution in [3.63, 3.8) is 0 Å². The molecule has 3 heterocycles. The van der Waals surface area contributed by atoms with Crippen molar-refractivity contribution in [3.8, 4) is 0 Å². The quantitative estimate of drug-likeness (QED) is 0.860. The molecule has 2 fully saturated rings. The summed E-state index contributed by atoms with van der Waals surface area (Å²) < 4.78 is 7.84. The molecule has 2 aromatic rings. The molecule has 2 atom stereocenters. The van der Waals surface area contributed by atoms with Gasteiger partial charge in [-0.1, -0.05) is 18.2 Å². The van der Waals surface area contributed by atoms with Gasteiger partial charge in [0.25, 0.3) is 0 Å². The zero-order chi connectivity index (χ0) is 19.7. The Labute approximate surface area is 165 Å². The van der Waals surface area contributed by atoms with E-state index in [1.54, 1.807) is 0 Å². The van der Waals surface area contributed by atoms with Crippen LogP contribution in [0.15, 0.2) is 30.5 Å². The second-order valence-corrected chi connectivity index (χ2v) is 8.07. The van der Waals surface area contributed by atoms with Crippen LogP contribution < -0.4 is 0 Å². The SMILES string of the molecule is Cn1cc(CCC(=O)N2CCC([C@@H]3OCCC3C(=O)O)CC2)c2ccccc21. The summed E-state index contributed by atoms with van der Waals surface area (Å²) in [6.45, 7) is 1.93. The molecule has 4 rings (SSSR count). The van der Waals surface area contributed by atoms with Crippen molar-refractivity contribution < 1.29 is 19.4 Å². The van der Waals surface area contributed by atoms with Gasteiger partial charge in [0, 0.05) is 50.3 Å². The number of aromatic nitrogens is 1. The van der Waals surface area contributed by atoms with Gasteiger partial charge in [-0.15, -0.1) is 0 Å². The number of aliphatic carboxylic acids is 1. The molecule has 1 unspecified atom stereocenters. The van der Waals surface area contributed by atoms with Crippen LogP contribution in [0.4, 0.5) is 0 Å². The van der Waals surface area contributed by atoms with Crippen LogP contribution in [-0.4, -0.2) is 52.3 Å². The van der Waals surface area contributed by atoms with Gasteiger partial charge in [0.1, 0.15) is 0 Å². The molecule has 1 N–H and O–H groups in total. The zero-order valence-corrected chi connectivity index (χ0v) is 16.3. The minimum absolute atomic E-state index is 0.188. The largest absolute Gasteiger partial charge is 0.481 e. The summed E-state index contributed by atoms with van der Waals surface area (Å²) in [6, 6.07) is 8.28. The van der Waals surface area contributed by atoms with Crippen molar-refractivity contribution in [1.82, 2.24) is 9.47 Å². The van der Waals surface area contributed by atoms with Crippen LogP contribution >= 0.6 is 0 Å². The van der Waals surface area contributed by atoms with E-state index >= 15 is 0 Å². The first-order valence-electron chi connectivity index (χ1n) is 10.2. The number of benzene rings is 1. The number of likely N-dealkylation sites (tertiary alicyclic amines) is 1. The van der Waals surface area contributed by atoms with E-state index in [2.05, 4.69) is 22.9 Å². The smallest absolute Gasteiger partial charge is 0.309 e. The molecule has 2 aliphatic heterocycles. The summed E-state index contributed by atoms with van der Waals surface area (Å²) in [5.41, 5.74) is 2.40. The van der Waals surface area contributed by atoms with Crippen molar-refractivity contribution in [3.05, 3.63) is 36.0 Å². The summed E-state index contributed by atoms with van der Waals surface area (Å²) >= 11 is 0. The van der Waals surface area contributed by atoms with Gasteiger partial charge in [0.15, 0.2) is 0 Å².